The highest BCUT2D eigenvalue weighted by Gasteiger charge is 2.30. The van der Waals surface area contributed by atoms with E-state index in [1.807, 2.05) is 0 Å². The molecule has 3 aromatic heterocycles. The minimum atomic E-state index is -2.74. The van der Waals surface area contributed by atoms with Crippen LogP contribution in [0.25, 0.3) is 16.7 Å². The lowest BCUT2D eigenvalue weighted by Crippen LogP contribution is -2.41. The van der Waals surface area contributed by atoms with Gasteiger partial charge in [0, 0.05) is 24.8 Å². The molecule has 1 aliphatic rings. The van der Waals surface area contributed by atoms with Crippen molar-refractivity contribution >= 4 is 22.6 Å². The van der Waals surface area contributed by atoms with Gasteiger partial charge in [-0.15, -0.1) is 5.10 Å². The van der Waals surface area contributed by atoms with Gasteiger partial charge in [0.1, 0.15) is 22.6 Å². The second-order valence-electron chi connectivity index (χ2n) is 7.63. The maximum atomic E-state index is 13.5. The smallest absolute Gasteiger partial charge is 0.280 e. The molecule has 11 heteroatoms. The van der Waals surface area contributed by atoms with Crippen molar-refractivity contribution in [1.82, 2.24) is 34.5 Å². The van der Waals surface area contributed by atoms with E-state index in [1.165, 1.54) is 24.4 Å². The van der Waals surface area contributed by atoms with Crippen LogP contribution >= 0.6 is 0 Å². The van der Waals surface area contributed by atoms with Gasteiger partial charge in [0.15, 0.2) is 5.65 Å². The Morgan fingerprint density at radius 1 is 1.26 bits per heavy atom. The first-order chi connectivity index (χ1) is 14.9. The summed E-state index contributed by atoms with van der Waals surface area (Å²) in [5.41, 5.74) is 1.51. The number of aryl methyl sites for hydroxylation is 1. The van der Waals surface area contributed by atoms with E-state index < -0.39 is 6.43 Å². The number of fused-ring (bicyclic) bond motifs is 2. The molecule has 0 radical (unpaired) electrons. The molecular weight excluding hydrogens is 411 g/mol. The Balaban J connectivity index is 1.46. The topological polar surface area (TPSA) is 81.2 Å². The predicted molar refractivity (Wildman–Crippen MR) is 104 cm³/mol. The summed E-state index contributed by atoms with van der Waals surface area (Å²) in [4.78, 5) is 19.2. The number of likely N-dealkylation sites (tertiary alicyclic amines) is 1. The van der Waals surface area contributed by atoms with Crippen LogP contribution in [0.15, 0.2) is 30.5 Å². The molecule has 160 valence electrons. The van der Waals surface area contributed by atoms with Crippen LogP contribution in [0.1, 0.15) is 47.1 Å². The lowest BCUT2D eigenvalue weighted by molar-refractivity contribution is 0.0676. The van der Waals surface area contributed by atoms with Crippen molar-refractivity contribution < 1.29 is 18.0 Å². The zero-order chi connectivity index (χ0) is 21.7. The fourth-order valence-corrected chi connectivity index (χ4v) is 4.11. The molecule has 0 aliphatic carbocycles. The fourth-order valence-electron chi connectivity index (χ4n) is 4.11. The second kappa shape index (κ2) is 7.33. The van der Waals surface area contributed by atoms with Crippen LogP contribution in [0.5, 0.6) is 0 Å². The Morgan fingerprint density at radius 3 is 2.90 bits per heavy atom. The maximum Gasteiger partial charge on any atom is 0.280 e. The van der Waals surface area contributed by atoms with Gasteiger partial charge in [0.25, 0.3) is 12.3 Å². The van der Waals surface area contributed by atoms with Crippen molar-refractivity contribution in [2.24, 2.45) is 0 Å². The van der Waals surface area contributed by atoms with Crippen molar-refractivity contribution in [3.8, 4) is 0 Å². The van der Waals surface area contributed by atoms with Crippen LogP contribution in [0.2, 0.25) is 0 Å². The molecule has 8 nitrogen and oxygen atoms in total. The fraction of sp³-hybridized carbons (Fsp3) is 0.350. The largest absolute Gasteiger partial charge is 0.336 e. The molecule has 1 unspecified atom stereocenters. The SMILES string of the molecule is Cc1cc(C(F)F)n2ncc(C(=O)N3CCCC(n4nnc5cc(F)ccc54)C3)c2n1. The molecule has 1 aliphatic heterocycles. The Hall–Kier alpha value is -3.50. The molecule has 1 fully saturated rings. The van der Waals surface area contributed by atoms with E-state index in [2.05, 4.69) is 20.4 Å². The van der Waals surface area contributed by atoms with E-state index in [4.69, 9.17) is 0 Å². The number of alkyl halides is 2. The first kappa shape index (κ1) is 19.5. The molecule has 0 saturated carbocycles. The van der Waals surface area contributed by atoms with Gasteiger partial charge in [-0.1, -0.05) is 5.21 Å². The highest BCUT2D eigenvalue weighted by Crippen LogP contribution is 2.27. The van der Waals surface area contributed by atoms with Crippen molar-refractivity contribution in [1.29, 1.82) is 0 Å². The molecule has 1 atom stereocenters. The minimum absolute atomic E-state index is 0.115. The third-order valence-electron chi connectivity index (χ3n) is 5.54. The Labute approximate surface area is 174 Å². The third kappa shape index (κ3) is 3.29. The van der Waals surface area contributed by atoms with Crippen molar-refractivity contribution in [3.63, 3.8) is 0 Å². The third-order valence-corrected chi connectivity index (χ3v) is 5.54. The van der Waals surface area contributed by atoms with E-state index in [0.717, 1.165) is 17.4 Å². The number of hydrogen-bond acceptors (Lipinski definition) is 5. The number of hydrogen-bond donors (Lipinski definition) is 0. The monoisotopic (exact) mass is 429 g/mol. The van der Waals surface area contributed by atoms with Gasteiger partial charge in [-0.2, -0.15) is 5.10 Å². The van der Waals surface area contributed by atoms with Crippen LogP contribution < -0.4 is 0 Å². The molecule has 4 heterocycles. The lowest BCUT2D eigenvalue weighted by Gasteiger charge is -2.32. The standard InChI is InChI=1S/C20H18F3N7O/c1-11-7-17(18(22)23)30-19(25-11)14(9-24-30)20(31)28-6-2-3-13(10-28)29-16-5-4-12(21)8-15(16)26-27-29/h4-5,7-9,13,18H,2-3,6,10H2,1H3. The number of benzene rings is 1. The number of carbonyl (C=O) groups excluding carboxylic acids is 1. The molecule has 31 heavy (non-hydrogen) atoms. The first-order valence-electron chi connectivity index (χ1n) is 9.85. The second-order valence-corrected chi connectivity index (χ2v) is 7.63. The number of carbonyl (C=O) groups is 1. The summed E-state index contributed by atoms with van der Waals surface area (Å²) in [6.45, 7) is 2.48. The van der Waals surface area contributed by atoms with Crippen molar-refractivity contribution in [2.45, 2.75) is 32.2 Å². The average molecular weight is 429 g/mol. The van der Waals surface area contributed by atoms with E-state index >= 15 is 0 Å². The molecule has 4 aromatic rings. The van der Waals surface area contributed by atoms with E-state index in [9.17, 15) is 18.0 Å². The molecule has 0 spiro atoms. The predicted octanol–water partition coefficient (Wildman–Crippen LogP) is 3.34. The highest BCUT2D eigenvalue weighted by molar-refractivity contribution is 5.99. The van der Waals surface area contributed by atoms with Gasteiger partial charge in [0.05, 0.1) is 17.8 Å². The quantitative estimate of drug-likeness (QED) is 0.499. The molecule has 5 rings (SSSR count). The Kier molecular flexibility index (Phi) is 4.60. The molecular formula is C20H18F3N7O. The molecule has 1 saturated heterocycles. The van der Waals surface area contributed by atoms with Gasteiger partial charge in [0.2, 0.25) is 0 Å². The van der Waals surface area contributed by atoms with E-state index in [-0.39, 0.29) is 34.7 Å². The van der Waals surface area contributed by atoms with Crippen molar-refractivity contribution in [3.05, 3.63) is 53.2 Å². The summed E-state index contributed by atoms with van der Waals surface area (Å²) >= 11 is 0. The summed E-state index contributed by atoms with van der Waals surface area (Å²) in [6, 6.07) is 5.41. The van der Waals surface area contributed by atoms with Gasteiger partial charge >= 0.3 is 0 Å². The molecule has 0 bridgehead atoms. The minimum Gasteiger partial charge on any atom is -0.336 e. The van der Waals surface area contributed by atoms with E-state index in [0.29, 0.717) is 29.8 Å². The zero-order valence-electron chi connectivity index (χ0n) is 16.5. The summed E-state index contributed by atoms with van der Waals surface area (Å²) in [6.07, 6.45) is 0.0540. The van der Waals surface area contributed by atoms with Crippen LogP contribution in [0.4, 0.5) is 13.2 Å². The summed E-state index contributed by atoms with van der Waals surface area (Å²) in [5.74, 6) is -0.715. The number of nitrogens with zero attached hydrogens (tertiary/aromatic N) is 7. The molecule has 1 amide bonds. The van der Waals surface area contributed by atoms with Gasteiger partial charge < -0.3 is 4.90 Å². The van der Waals surface area contributed by atoms with Gasteiger partial charge in [-0.25, -0.2) is 27.4 Å². The number of aromatic nitrogens is 6. The zero-order valence-corrected chi connectivity index (χ0v) is 16.5. The van der Waals surface area contributed by atoms with Gasteiger partial charge in [-0.05, 0) is 38.0 Å². The van der Waals surface area contributed by atoms with Crippen LogP contribution in [0, 0.1) is 12.7 Å². The normalized spacial score (nSPS) is 17.2. The van der Waals surface area contributed by atoms with Gasteiger partial charge in [-0.3, -0.25) is 4.79 Å². The van der Waals surface area contributed by atoms with Crippen molar-refractivity contribution in [2.75, 3.05) is 13.1 Å². The number of halogens is 3. The average Bonchev–Trinajstić information content (AvgIpc) is 3.36. The summed E-state index contributed by atoms with van der Waals surface area (Å²) < 4.78 is 42.9. The Morgan fingerprint density at radius 2 is 2.10 bits per heavy atom. The summed E-state index contributed by atoms with van der Waals surface area (Å²) in [5, 5.41) is 12.2. The highest BCUT2D eigenvalue weighted by atomic mass is 19.3. The lowest BCUT2D eigenvalue weighted by atomic mass is 10.0. The molecule has 1 aromatic carbocycles. The Bertz CT molecular complexity index is 1300. The maximum absolute atomic E-state index is 13.5. The van der Waals surface area contributed by atoms with Crippen LogP contribution in [-0.4, -0.2) is 53.5 Å². The summed E-state index contributed by atoms with van der Waals surface area (Å²) in [7, 11) is 0. The first-order valence-corrected chi connectivity index (χ1v) is 9.85. The molecule has 0 N–H and O–H groups in total. The number of amides is 1. The number of rotatable bonds is 3. The van der Waals surface area contributed by atoms with Crippen LogP contribution in [-0.2, 0) is 0 Å². The van der Waals surface area contributed by atoms with E-state index in [1.54, 1.807) is 22.6 Å². The number of piperidine rings is 1. The van der Waals surface area contributed by atoms with Crippen LogP contribution in [0.3, 0.4) is 0 Å².